The summed E-state index contributed by atoms with van der Waals surface area (Å²) in [4.78, 5) is 4.05. The van der Waals surface area contributed by atoms with Crippen LogP contribution in [0.15, 0.2) is 36.5 Å². The van der Waals surface area contributed by atoms with E-state index in [-0.39, 0.29) is 6.04 Å². The number of benzene rings is 1. The van der Waals surface area contributed by atoms with Crippen LogP contribution >= 0.6 is 0 Å². The van der Waals surface area contributed by atoms with Crippen LogP contribution in [-0.2, 0) is 0 Å². The van der Waals surface area contributed by atoms with E-state index in [4.69, 9.17) is 4.74 Å². The molecule has 5 heteroatoms. The molecular formula is C14H14F2N2O. The van der Waals surface area contributed by atoms with Gasteiger partial charge in [0.05, 0.1) is 12.8 Å². The molecule has 0 saturated heterocycles. The van der Waals surface area contributed by atoms with Crippen molar-refractivity contribution < 1.29 is 13.5 Å². The van der Waals surface area contributed by atoms with Crippen LogP contribution in [-0.4, -0.2) is 12.1 Å². The topological polar surface area (TPSA) is 34.1 Å². The van der Waals surface area contributed by atoms with Crippen LogP contribution in [0.1, 0.15) is 18.5 Å². The van der Waals surface area contributed by atoms with Gasteiger partial charge in [0.2, 0.25) is 5.88 Å². The predicted octanol–water partition coefficient (Wildman–Crippen LogP) is 3.54. The highest BCUT2D eigenvalue weighted by Crippen LogP contribution is 2.26. The van der Waals surface area contributed by atoms with Gasteiger partial charge < -0.3 is 10.1 Å². The number of hydrogen-bond donors (Lipinski definition) is 1. The molecule has 0 fully saturated rings. The van der Waals surface area contributed by atoms with Crippen molar-refractivity contribution in [2.75, 3.05) is 12.4 Å². The fourth-order valence-corrected chi connectivity index (χ4v) is 1.81. The van der Waals surface area contributed by atoms with E-state index in [0.29, 0.717) is 17.1 Å². The van der Waals surface area contributed by atoms with Gasteiger partial charge in [-0.05, 0) is 36.8 Å². The maximum atomic E-state index is 13.2. The number of hydrogen-bond acceptors (Lipinski definition) is 3. The van der Waals surface area contributed by atoms with Crippen LogP contribution in [0.5, 0.6) is 5.88 Å². The Bertz CT molecular complexity index is 555. The molecule has 0 aliphatic rings. The van der Waals surface area contributed by atoms with Crippen LogP contribution in [0.4, 0.5) is 14.5 Å². The largest absolute Gasteiger partial charge is 0.480 e. The Labute approximate surface area is 110 Å². The fourth-order valence-electron chi connectivity index (χ4n) is 1.81. The Hall–Kier alpha value is -2.17. The Morgan fingerprint density at radius 2 is 1.89 bits per heavy atom. The van der Waals surface area contributed by atoms with Crippen molar-refractivity contribution >= 4 is 5.69 Å². The quantitative estimate of drug-likeness (QED) is 0.917. The van der Waals surface area contributed by atoms with Gasteiger partial charge in [-0.15, -0.1) is 0 Å². The monoisotopic (exact) mass is 264 g/mol. The third kappa shape index (κ3) is 3.19. The highest BCUT2D eigenvalue weighted by atomic mass is 19.1. The van der Waals surface area contributed by atoms with Crippen molar-refractivity contribution in [1.82, 2.24) is 4.98 Å². The van der Waals surface area contributed by atoms with Crippen LogP contribution < -0.4 is 10.1 Å². The van der Waals surface area contributed by atoms with Gasteiger partial charge >= 0.3 is 0 Å². The molecule has 2 aromatic rings. The zero-order chi connectivity index (χ0) is 13.8. The van der Waals surface area contributed by atoms with E-state index in [0.717, 1.165) is 6.07 Å². The number of ether oxygens (including phenoxy) is 1. The van der Waals surface area contributed by atoms with Crippen molar-refractivity contribution in [3.05, 3.63) is 53.7 Å². The van der Waals surface area contributed by atoms with Crippen LogP contribution in [0.3, 0.4) is 0 Å². The first-order valence-corrected chi connectivity index (χ1v) is 5.81. The molecule has 100 valence electrons. The molecule has 0 saturated carbocycles. The van der Waals surface area contributed by atoms with Gasteiger partial charge in [-0.2, -0.15) is 0 Å². The normalized spacial score (nSPS) is 12.0. The second-order valence-corrected chi connectivity index (χ2v) is 4.13. The van der Waals surface area contributed by atoms with Crippen molar-refractivity contribution in [2.45, 2.75) is 13.0 Å². The molecule has 1 aromatic carbocycles. The summed E-state index contributed by atoms with van der Waals surface area (Å²) in [5, 5.41) is 3.11. The number of nitrogens with zero attached hydrogens (tertiary/aromatic N) is 1. The molecular weight excluding hydrogens is 250 g/mol. The van der Waals surface area contributed by atoms with E-state index in [1.165, 1.54) is 19.2 Å². The fraction of sp³-hybridized carbons (Fsp3) is 0.214. The molecule has 0 amide bonds. The van der Waals surface area contributed by atoms with Gasteiger partial charge in [0.1, 0.15) is 11.6 Å². The molecule has 1 aromatic heterocycles. The number of rotatable bonds is 4. The van der Waals surface area contributed by atoms with E-state index < -0.39 is 11.6 Å². The molecule has 0 radical (unpaired) electrons. The summed E-state index contributed by atoms with van der Waals surface area (Å²) in [6, 6.07) is 6.71. The van der Waals surface area contributed by atoms with E-state index in [1.54, 1.807) is 25.3 Å². The Kier molecular flexibility index (Phi) is 3.94. The lowest BCUT2D eigenvalue weighted by Gasteiger charge is -2.17. The summed E-state index contributed by atoms with van der Waals surface area (Å²) in [7, 11) is 1.51. The molecule has 0 aliphatic carbocycles. The first-order valence-electron chi connectivity index (χ1n) is 5.81. The van der Waals surface area contributed by atoms with Crippen LogP contribution in [0, 0.1) is 11.6 Å². The number of pyridine rings is 1. The standard InChI is InChI=1S/C14H14F2N2O/c1-9(10-6-11(15)8-12(16)7-10)18-13-4-3-5-17-14(13)19-2/h3-9,18H,1-2H3. The van der Waals surface area contributed by atoms with Crippen molar-refractivity contribution in [2.24, 2.45) is 0 Å². The average molecular weight is 264 g/mol. The lowest BCUT2D eigenvalue weighted by molar-refractivity contribution is 0.399. The molecule has 0 aliphatic heterocycles. The first kappa shape index (κ1) is 13.3. The number of methoxy groups -OCH3 is 1. The second kappa shape index (κ2) is 5.65. The molecule has 3 nitrogen and oxygen atoms in total. The number of aromatic nitrogens is 1. The smallest absolute Gasteiger partial charge is 0.237 e. The number of anilines is 1. The third-order valence-corrected chi connectivity index (χ3v) is 2.72. The summed E-state index contributed by atoms with van der Waals surface area (Å²) in [6.45, 7) is 1.81. The summed E-state index contributed by atoms with van der Waals surface area (Å²) in [6.07, 6.45) is 1.61. The second-order valence-electron chi connectivity index (χ2n) is 4.13. The number of nitrogens with one attached hydrogen (secondary N) is 1. The summed E-state index contributed by atoms with van der Waals surface area (Å²) in [5.74, 6) is -0.755. The molecule has 2 rings (SSSR count). The molecule has 0 spiro atoms. The average Bonchev–Trinajstić information content (AvgIpc) is 2.38. The first-order chi connectivity index (χ1) is 9.10. The molecule has 0 bridgehead atoms. The highest BCUT2D eigenvalue weighted by Gasteiger charge is 2.11. The van der Waals surface area contributed by atoms with Gasteiger partial charge in [0.15, 0.2) is 0 Å². The van der Waals surface area contributed by atoms with Crippen LogP contribution in [0.25, 0.3) is 0 Å². The third-order valence-electron chi connectivity index (χ3n) is 2.72. The Morgan fingerprint density at radius 3 is 2.53 bits per heavy atom. The van der Waals surface area contributed by atoms with E-state index in [2.05, 4.69) is 10.3 Å². The Balaban J connectivity index is 2.22. The van der Waals surface area contributed by atoms with E-state index in [1.807, 2.05) is 0 Å². The van der Waals surface area contributed by atoms with Gasteiger partial charge in [-0.25, -0.2) is 13.8 Å². The van der Waals surface area contributed by atoms with Gasteiger partial charge in [0.25, 0.3) is 0 Å². The summed E-state index contributed by atoms with van der Waals surface area (Å²) >= 11 is 0. The lowest BCUT2D eigenvalue weighted by atomic mass is 10.1. The highest BCUT2D eigenvalue weighted by molar-refractivity contribution is 5.53. The minimum atomic E-state index is -0.596. The molecule has 1 unspecified atom stereocenters. The van der Waals surface area contributed by atoms with Gasteiger partial charge in [-0.1, -0.05) is 0 Å². The predicted molar refractivity (Wildman–Crippen MR) is 69.2 cm³/mol. The minimum Gasteiger partial charge on any atom is -0.480 e. The van der Waals surface area contributed by atoms with Crippen LogP contribution in [0.2, 0.25) is 0 Å². The molecule has 19 heavy (non-hydrogen) atoms. The SMILES string of the molecule is COc1ncccc1NC(C)c1cc(F)cc(F)c1. The molecule has 1 N–H and O–H groups in total. The lowest BCUT2D eigenvalue weighted by Crippen LogP contribution is -2.09. The molecule has 1 atom stereocenters. The van der Waals surface area contributed by atoms with Crippen molar-refractivity contribution in [3.63, 3.8) is 0 Å². The zero-order valence-electron chi connectivity index (χ0n) is 10.7. The minimum absolute atomic E-state index is 0.275. The maximum Gasteiger partial charge on any atom is 0.237 e. The van der Waals surface area contributed by atoms with E-state index >= 15 is 0 Å². The van der Waals surface area contributed by atoms with Crippen molar-refractivity contribution in [3.8, 4) is 5.88 Å². The molecule has 1 heterocycles. The van der Waals surface area contributed by atoms with E-state index in [9.17, 15) is 8.78 Å². The summed E-state index contributed by atoms with van der Waals surface area (Å²) < 4.78 is 31.4. The Morgan fingerprint density at radius 1 is 1.21 bits per heavy atom. The maximum absolute atomic E-state index is 13.2. The summed E-state index contributed by atoms with van der Waals surface area (Å²) in [5.41, 5.74) is 1.19. The van der Waals surface area contributed by atoms with Gasteiger partial charge in [-0.3, -0.25) is 0 Å². The van der Waals surface area contributed by atoms with Crippen molar-refractivity contribution in [1.29, 1.82) is 0 Å². The zero-order valence-corrected chi connectivity index (χ0v) is 10.7. The number of halogens is 2. The van der Waals surface area contributed by atoms with Gasteiger partial charge in [0, 0.05) is 18.3 Å².